The highest BCUT2D eigenvalue weighted by Crippen LogP contribution is 2.35. The third kappa shape index (κ3) is 2.53. The van der Waals surface area contributed by atoms with Crippen LogP contribution in [0.5, 0.6) is 0 Å². The maximum Gasteiger partial charge on any atom is 0.321 e. The summed E-state index contributed by atoms with van der Waals surface area (Å²) in [6, 6.07) is 5.15. The molecule has 16 heavy (non-hydrogen) atoms. The molecule has 0 aliphatic carbocycles. The molecule has 1 aromatic carbocycles. The smallest absolute Gasteiger partial charge is 0.321 e. The Morgan fingerprint density at radius 1 is 1.62 bits per heavy atom. The fourth-order valence-electron chi connectivity index (χ4n) is 1.48. The lowest BCUT2D eigenvalue weighted by Crippen LogP contribution is -2.33. The number of benzene rings is 1. The zero-order chi connectivity index (χ0) is 11.7. The Labute approximate surface area is 111 Å². The fourth-order valence-corrected chi connectivity index (χ4v) is 3.22. The van der Waals surface area contributed by atoms with E-state index in [-0.39, 0.29) is 5.37 Å². The van der Waals surface area contributed by atoms with Crippen LogP contribution < -0.4 is 5.32 Å². The fraction of sp³-hybridized carbons (Fsp3) is 0.300. The SMILES string of the molecule is O=C(O)C1CSC(c2ccc(Cl)c(Br)c2)N1. The van der Waals surface area contributed by atoms with E-state index in [1.54, 1.807) is 17.8 Å². The summed E-state index contributed by atoms with van der Waals surface area (Å²) in [5, 5.41) is 12.6. The van der Waals surface area contributed by atoms with Crippen LogP contribution in [0.15, 0.2) is 22.7 Å². The minimum Gasteiger partial charge on any atom is -0.480 e. The number of hydrogen-bond donors (Lipinski definition) is 2. The van der Waals surface area contributed by atoms with Crippen molar-refractivity contribution < 1.29 is 9.90 Å². The number of carboxylic acids is 1. The summed E-state index contributed by atoms with van der Waals surface area (Å²) >= 11 is 10.8. The Kier molecular flexibility index (Phi) is 3.79. The molecule has 1 aliphatic rings. The lowest BCUT2D eigenvalue weighted by atomic mass is 10.2. The molecule has 86 valence electrons. The molecule has 0 spiro atoms. The van der Waals surface area contributed by atoms with E-state index in [1.807, 2.05) is 12.1 Å². The van der Waals surface area contributed by atoms with Crippen LogP contribution >= 0.6 is 39.3 Å². The minimum absolute atomic E-state index is 0.0228. The van der Waals surface area contributed by atoms with E-state index >= 15 is 0 Å². The van der Waals surface area contributed by atoms with Crippen molar-refractivity contribution in [2.24, 2.45) is 0 Å². The van der Waals surface area contributed by atoms with E-state index in [1.165, 1.54) is 0 Å². The van der Waals surface area contributed by atoms with Gasteiger partial charge in [0.25, 0.3) is 0 Å². The number of aliphatic carboxylic acids is 1. The van der Waals surface area contributed by atoms with Crippen molar-refractivity contribution in [2.75, 3.05) is 5.75 Å². The normalized spacial score (nSPS) is 24.6. The topological polar surface area (TPSA) is 49.3 Å². The molecule has 0 saturated carbocycles. The largest absolute Gasteiger partial charge is 0.480 e. The predicted molar refractivity (Wildman–Crippen MR) is 68.9 cm³/mol. The van der Waals surface area contributed by atoms with E-state index in [9.17, 15) is 4.79 Å². The highest BCUT2D eigenvalue weighted by molar-refractivity contribution is 9.10. The van der Waals surface area contributed by atoms with Crippen molar-refractivity contribution in [1.82, 2.24) is 5.32 Å². The Balaban J connectivity index is 2.14. The highest BCUT2D eigenvalue weighted by Gasteiger charge is 2.30. The summed E-state index contributed by atoms with van der Waals surface area (Å²) in [6.07, 6.45) is 0. The predicted octanol–water partition coefficient (Wildman–Crippen LogP) is 2.89. The third-order valence-electron chi connectivity index (χ3n) is 2.33. The molecule has 6 heteroatoms. The molecule has 1 aromatic rings. The van der Waals surface area contributed by atoms with Gasteiger partial charge in [0.15, 0.2) is 0 Å². The van der Waals surface area contributed by atoms with Crippen molar-refractivity contribution in [3.63, 3.8) is 0 Å². The Morgan fingerprint density at radius 3 is 2.94 bits per heavy atom. The first-order valence-corrected chi connectivity index (χ1v) is 6.85. The molecule has 1 heterocycles. The quantitative estimate of drug-likeness (QED) is 0.879. The molecule has 0 bridgehead atoms. The van der Waals surface area contributed by atoms with Crippen LogP contribution in [0.2, 0.25) is 5.02 Å². The van der Waals surface area contributed by atoms with E-state index in [0.717, 1.165) is 10.0 Å². The molecular weight excluding hydrogens is 314 g/mol. The maximum atomic E-state index is 10.8. The van der Waals surface area contributed by atoms with Gasteiger partial charge in [0.2, 0.25) is 0 Å². The van der Waals surface area contributed by atoms with Gasteiger partial charge in [-0.3, -0.25) is 10.1 Å². The molecule has 0 aromatic heterocycles. The summed E-state index contributed by atoms with van der Waals surface area (Å²) in [5.74, 6) is -0.219. The molecule has 2 rings (SSSR count). The Bertz CT molecular complexity index is 429. The first-order chi connectivity index (χ1) is 7.58. The summed E-state index contributed by atoms with van der Waals surface area (Å²) in [7, 11) is 0. The number of rotatable bonds is 2. The minimum atomic E-state index is -0.803. The number of thioether (sulfide) groups is 1. The van der Waals surface area contributed by atoms with Crippen LogP contribution in [0, 0.1) is 0 Å². The Hall–Kier alpha value is -0.230. The molecule has 0 amide bonds. The lowest BCUT2D eigenvalue weighted by molar-refractivity contribution is -0.138. The highest BCUT2D eigenvalue weighted by atomic mass is 79.9. The van der Waals surface area contributed by atoms with Gasteiger partial charge in [-0.05, 0) is 33.6 Å². The van der Waals surface area contributed by atoms with Crippen LogP contribution in [-0.2, 0) is 4.79 Å². The summed E-state index contributed by atoms with van der Waals surface area (Å²) in [5.41, 5.74) is 1.03. The van der Waals surface area contributed by atoms with Crippen molar-refractivity contribution in [3.05, 3.63) is 33.3 Å². The van der Waals surface area contributed by atoms with Crippen LogP contribution in [0.25, 0.3) is 0 Å². The van der Waals surface area contributed by atoms with Gasteiger partial charge in [-0.15, -0.1) is 11.8 Å². The van der Waals surface area contributed by atoms with Gasteiger partial charge in [-0.1, -0.05) is 17.7 Å². The van der Waals surface area contributed by atoms with Gasteiger partial charge < -0.3 is 5.11 Å². The maximum absolute atomic E-state index is 10.8. The first-order valence-electron chi connectivity index (χ1n) is 4.63. The molecule has 1 saturated heterocycles. The number of hydrogen-bond acceptors (Lipinski definition) is 3. The average molecular weight is 323 g/mol. The van der Waals surface area contributed by atoms with E-state index in [4.69, 9.17) is 16.7 Å². The summed E-state index contributed by atoms with van der Waals surface area (Å²) in [6.45, 7) is 0. The molecule has 3 nitrogen and oxygen atoms in total. The van der Waals surface area contributed by atoms with Crippen LogP contribution in [0.4, 0.5) is 0 Å². The van der Waals surface area contributed by atoms with Crippen molar-refractivity contribution in [3.8, 4) is 0 Å². The average Bonchev–Trinajstić information content (AvgIpc) is 2.71. The van der Waals surface area contributed by atoms with Crippen LogP contribution in [0.3, 0.4) is 0 Å². The van der Waals surface area contributed by atoms with Gasteiger partial charge in [-0.2, -0.15) is 0 Å². The monoisotopic (exact) mass is 321 g/mol. The number of nitrogens with one attached hydrogen (secondary N) is 1. The van der Waals surface area contributed by atoms with Gasteiger partial charge in [0.05, 0.1) is 10.4 Å². The molecule has 1 fully saturated rings. The first kappa shape index (κ1) is 12.2. The lowest BCUT2D eigenvalue weighted by Gasteiger charge is -2.12. The summed E-state index contributed by atoms with van der Waals surface area (Å²) in [4.78, 5) is 10.8. The second-order valence-corrected chi connectivity index (χ2v) is 5.84. The van der Waals surface area contributed by atoms with Gasteiger partial charge in [0, 0.05) is 10.2 Å². The van der Waals surface area contributed by atoms with Crippen molar-refractivity contribution >= 4 is 45.3 Å². The van der Waals surface area contributed by atoms with Crippen LogP contribution in [0.1, 0.15) is 10.9 Å². The molecule has 1 aliphatic heterocycles. The molecule has 0 radical (unpaired) electrons. The molecular formula is C10H9BrClNO2S. The number of halogens is 2. The number of carboxylic acid groups (broad SMARTS) is 1. The van der Waals surface area contributed by atoms with Gasteiger partial charge >= 0.3 is 5.97 Å². The van der Waals surface area contributed by atoms with Gasteiger partial charge in [-0.25, -0.2) is 0 Å². The third-order valence-corrected chi connectivity index (χ3v) is 4.81. The Morgan fingerprint density at radius 2 is 2.38 bits per heavy atom. The van der Waals surface area contributed by atoms with Crippen molar-refractivity contribution in [2.45, 2.75) is 11.4 Å². The van der Waals surface area contributed by atoms with E-state index in [0.29, 0.717) is 10.8 Å². The van der Waals surface area contributed by atoms with Crippen molar-refractivity contribution in [1.29, 1.82) is 0 Å². The van der Waals surface area contributed by atoms with E-state index in [2.05, 4.69) is 21.2 Å². The zero-order valence-corrected chi connectivity index (χ0v) is 11.3. The van der Waals surface area contributed by atoms with Crippen LogP contribution in [-0.4, -0.2) is 22.9 Å². The van der Waals surface area contributed by atoms with Gasteiger partial charge in [0.1, 0.15) is 6.04 Å². The standard InChI is InChI=1S/C10H9BrClNO2S/c11-6-3-5(1-2-7(6)12)9-13-8(4-16-9)10(14)15/h1-3,8-9,13H,4H2,(H,14,15). The molecule has 2 N–H and O–H groups in total. The molecule has 2 unspecified atom stereocenters. The zero-order valence-electron chi connectivity index (χ0n) is 8.11. The second kappa shape index (κ2) is 4.96. The number of carbonyl (C=O) groups is 1. The summed E-state index contributed by atoms with van der Waals surface area (Å²) < 4.78 is 0.827. The molecule has 2 atom stereocenters. The second-order valence-electron chi connectivity index (χ2n) is 3.44. The van der Waals surface area contributed by atoms with E-state index < -0.39 is 12.0 Å².